The fraction of sp³-hybridized carbons (Fsp3) is 0.500. The van der Waals surface area contributed by atoms with Crippen LogP contribution in [-0.4, -0.2) is 57.7 Å². The zero-order valence-corrected chi connectivity index (χ0v) is 15.8. The predicted octanol–water partition coefficient (Wildman–Crippen LogP) is 3.39. The molecular weight excluding hydrogens is 365 g/mol. The Labute approximate surface area is 155 Å². The molecule has 9 heteroatoms. The highest BCUT2D eigenvalue weighted by atomic mass is 35.5. The molecular formula is C16H19Cl2N5O2. The maximum Gasteiger partial charge on any atom is 0.410 e. The quantitative estimate of drug-likeness (QED) is 0.751. The van der Waals surface area contributed by atoms with E-state index in [0.717, 1.165) is 0 Å². The van der Waals surface area contributed by atoms with Crippen LogP contribution in [0, 0.1) is 0 Å². The molecule has 1 fully saturated rings. The second kappa shape index (κ2) is 6.80. The van der Waals surface area contributed by atoms with E-state index in [4.69, 9.17) is 27.9 Å². The topological polar surface area (TPSA) is 71.5 Å². The van der Waals surface area contributed by atoms with E-state index < -0.39 is 5.60 Å². The number of pyridine rings is 1. The van der Waals surface area contributed by atoms with Crippen LogP contribution in [-0.2, 0) is 4.74 Å². The monoisotopic (exact) mass is 383 g/mol. The summed E-state index contributed by atoms with van der Waals surface area (Å²) >= 11 is 12.2. The molecule has 0 N–H and O–H groups in total. The van der Waals surface area contributed by atoms with Gasteiger partial charge in [-0.25, -0.2) is 19.7 Å². The molecule has 0 saturated carbocycles. The van der Waals surface area contributed by atoms with Gasteiger partial charge in [0.15, 0.2) is 16.6 Å². The van der Waals surface area contributed by atoms with Gasteiger partial charge in [0, 0.05) is 32.4 Å². The number of rotatable bonds is 1. The molecule has 0 unspecified atom stereocenters. The third kappa shape index (κ3) is 4.22. The number of amides is 1. The molecule has 1 aliphatic heterocycles. The van der Waals surface area contributed by atoms with Crippen LogP contribution in [0.25, 0.3) is 11.2 Å². The van der Waals surface area contributed by atoms with Crippen molar-refractivity contribution in [1.29, 1.82) is 0 Å². The molecule has 1 saturated heterocycles. The normalized spacial score (nSPS) is 15.6. The molecule has 1 amide bonds. The summed E-state index contributed by atoms with van der Waals surface area (Å²) in [6.07, 6.45) is 1.22. The van der Waals surface area contributed by atoms with E-state index >= 15 is 0 Å². The van der Waals surface area contributed by atoms with E-state index in [1.807, 2.05) is 25.7 Å². The first kappa shape index (κ1) is 17.9. The van der Waals surface area contributed by atoms with Gasteiger partial charge in [-0.1, -0.05) is 23.2 Å². The average Bonchev–Trinajstić information content (AvgIpc) is 2.52. The minimum absolute atomic E-state index is 0.294. The molecule has 2 aromatic rings. The number of hydrogen-bond acceptors (Lipinski definition) is 6. The molecule has 0 spiro atoms. The number of carbonyl (C=O) groups excluding carboxylic acids is 1. The van der Waals surface area contributed by atoms with Crippen molar-refractivity contribution in [3.8, 4) is 0 Å². The van der Waals surface area contributed by atoms with Crippen molar-refractivity contribution >= 4 is 46.3 Å². The molecule has 7 nitrogen and oxygen atoms in total. The van der Waals surface area contributed by atoms with Crippen LogP contribution in [0.1, 0.15) is 20.8 Å². The van der Waals surface area contributed by atoms with E-state index in [0.29, 0.717) is 53.3 Å². The van der Waals surface area contributed by atoms with Crippen molar-refractivity contribution in [2.24, 2.45) is 0 Å². The number of piperazine rings is 1. The van der Waals surface area contributed by atoms with Gasteiger partial charge in [-0.3, -0.25) is 0 Å². The lowest BCUT2D eigenvalue weighted by Crippen LogP contribution is -2.50. The Balaban J connectivity index is 1.73. The minimum Gasteiger partial charge on any atom is -0.444 e. The third-order valence-corrected chi connectivity index (χ3v) is 4.12. The van der Waals surface area contributed by atoms with Gasteiger partial charge in [-0.05, 0) is 26.8 Å². The molecule has 0 aromatic carbocycles. The number of fused-ring (bicyclic) bond motifs is 1. The summed E-state index contributed by atoms with van der Waals surface area (Å²) in [7, 11) is 0. The number of aromatic nitrogens is 3. The number of hydrogen-bond donors (Lipinski definition) is 0. The van der Waals surface area contributed by atoms with Crippen LogP contribution in [0.2, 0.25) is 10.2 Å². The van der Waals surface area contributed by atoms with Crippen molar-refractivity contribution in [1.82, 2.24) is 19.9 Å². The summed E-state index contributed by atoms with van der Waals surface area (Å²) in [6, 6.07) is 1.67. The Morgan fingerprint density at radius 3 is 2.48 bits per heavy atom. The Bertz CT molecular complexity index is 801. The smallest absolute Gasteiger partial charge is 0.410 e. The number of nitrogens with zero attached hydrogens (tertiary/aromatic N) is 5. The van der Waals surface area contributed by atoms with E-state index in [1.165, 1.54) is 6.20 Å². The van der Waals surface area contributed by atoms with Crippen molar-refractivity contribution in [2.45, 2.75) is 26.4 Å². The number of ether oxygens (including phenoxy) is 1. The summed E-state index contributed by atoms with van der Waals surface area (Å²) in [5, 5.41) is 0.777. The van der Waals surface area contributed by atoms with Gasteiger partial charge in [0.2, 0.25) is 0 Å². The lowest BCUT2D eigenvalue weighted by Gasteiger charge is -2.36. The molecule has 0 bridgehead atoms. The Kier molecular flexibility index (Phi) is 4.88. The second-order valence-corrected chi connectivity index (χ2v) is 7.58. The van der Waals surface area contributed by atoms with E-state index in [9.17, 15) is 4.79 Å². The van der Waals surface area contributed by atoms with Gasteiger partial charge in [0.25, 0.3) is 0 Å². The second-order valence-electron chi connectivity index (χ2n) is 6.79. The lowest BCUT2D eigenvalue weighted by molar-refractivity contribution is 0.0240. The summed E-state index contributed by atoms with van der Waals surface area (Å²) in [6.45, 7) is 7.79. The van der Waals surface area contributed by atoms with E-state index in [1.54, 1.807) is 11.0 Å². The van der Waals surface area contributed by atoms with Crippen molar-refractivity contribution in [3.05, 3.63) is 22.4 Å². The van der Waals surface area contributed by atoms with Gasteiger partial charge in [-0.2, -0.15) is 0 Å². The highest BCUT2D eigenvalue weighted by molar-refractivity contribution is 6.32. The van der Waals surface area contributed by atoms with Gasteiger partial charge in [0.05, 0.1) is 5.02 Å². The average molecular weight is 384 g/mol. The van der Waals surface area contributed by atoms with Crippen LogP contribution < -0.4 is 4.90 Å². The van der Waals surface area contributed by atoms with E-state index in [2.05, 4.69) is 15.0 Å². The Morgan fingerprint density at radius 2 is 1.84 bits per heavy atom. The SMILES string of the molecule is CC(C)(C)OC(=O)N1CCN(c2nc3ncc(Cl)cc3nc2Cl)CC1. The van der Waals surface area contributed by atoms with Crippen molar-refractivity contribution in [3.63, 3.8) is 0 Å². The van der Waals surface area contributed by atoms with Crippen LogP contribution >= 0.6 is 23.2 Å². The first-order valence-electron chi connectivity index (χ1n) is 7.94. The molecule has 0 atom stereocenters. The number of anilines is 1. The number of carbonyl (C=O) groups is 1. The largest absolute Gasteiger partial charge is 0.444 e. The molecule has 3 rings (SSSR count). The highest BCUT2D eigenvalue weighted by Gasteiger charge is 2.27. The van der Waals surface area contributed by atoms with Gasteiger partial charge in [-0.15, -0.1) is 0 Å². The summed E-state index contributed by atoms with van der Waals surface area (Å²) in [5.74, 6) is 0.563. The lowest BCUT2D eigenvalue weighted by atomic mass is 10.2. The fourth-order valence-electron chi connectivity index (χ4n) is 2.52. The Hall–Kier alpha value is -1.86. The fourth-order valence-corrected chi connectivity index (χ4v) is 2.93. The predicted molar refractivity (Wildman–Crippen MR) is 97.4 cm³/mol. The van der Waals surface area contributed by atoms with Crippen LogP contribution in [0.5, 0.6) is 0 Å². The molecule has 0 aliphatic carbocycles. The van der Waals surface area contributed by atoms with Gasteiger partial charge in [0.1, 0.15) is 11.1 Å². The summed E-state index contributed by atoms with van der Waals surface area (Å²) < 4.78 is 5.40. The molecule has 25 heavy (non-hydrogen) atoms. The van der Waals surface area contributed by atoms with E-state index in [-0.39, 0.29) is 6.09 Å². The third-order valence-electron chi connectivity index (χ3n) is 3.66. The maximum atomic E-state index is 12.1. The zero-order valence-electron chi connectivity index (χ0n) is 14.3. The molecule has 134 valence electrons. The van der Waals surface area contributed by atoms with Gasteiger partial charge >= 0.3 is 6.09 Å². The maximum absolute atomic E-state index is 12.1. The molecule has 3 heterocycles. The highest BCUT2D eigenvalue weighted by Crippen LogP contribution is 2.26. The Morgan fingerprint density at radius 1 is 1.16 bits per heavy atom. The molecule has 2 aromatic heterocycles. The minimum atomic E-state index is -0.506. The summed E-state index contributed by atoms with van der Waals surface area (Å²) in [5.41, 5.74) is 0.529. The van der Waals surface area contributed by atoms with Crippen LogP contribution in [0.4, 0.5) is 10.6 Å². The van der Waals surface area contributed by atoms with Gasteiger partial charge < -0.3 is 14.5 Å². The van der Waals surface area contributed by atoms with Crippen molar-refractivity contribution in [2.75, 3.05) is 31.1 Å². The summed E-state index contributed by atoms with van der Waals surface area (Å²) in [4.78, 5) is 28.8. The standard InChI is InChI=1S/C16H19Cl2N5O2/c1-16(2,3)25-15(24)23-6-4-22(5-7-23)14-12(18)20-11-8-10(17)9-19-13(11)21-14/h8-9H,4-7H2,1-3H3. The van der Waals surface area contributed by atoms with Crippen LogP contribution in [0.3, 0.4) is 0 Å². The molecule has 0 radical (unpaired) electrons. The van der Waals surface area contributed by atoms with Crippen LogP contribution in [0.15, 0.2) is 12.3 Å². The zero-order chi connectivity index (χ0) is 18.2. The molecule has 1 aliphatic rings. The number of halogens is 2. The first-order valence-corrected chi connectivity index (χ1v) is 8.70. The first-order chi connectivity index (χ1) is 11.7. The van der Waals surface area contributed by atoms with Crippen molar-refractivity contribution < 1.29 is 9.53 Å².